The molecular formula is C17H24N2O3. The highest BCUT2D eigenvalue weighted by molar-refractivity contribution is 5.89. The van der Waals surface area contributed by atoms with Gasteiger partial charge >= 0.3 is 5.97 Å². The molecule has 1 aliphatic rings. The molecule has 0 bridgehead atoms. The monoisotopic (exact) mass is 304 g/mol. The summed E-state index contributed by atoms with van der Waals surface area (Å²) in [6.45, 7) is 8.09. The van der Waals surface area contributed by atoms with Crippen LogP contribution in [0.1, 0.15) is 36.7 Å². The summed E-state index contributed by atoms with van der Waals surface area (Å²) >= 11 is 0. The van der Waals surface area contributed by atoms with Crippen LogP contribution < -0.4 is 5.32 Å². The van der Waals surface area contributed by atoms with Crippen LogP contribution in [0.3, 0.4) is 0 Å². The fourth-order valence-electron chi connectivity index (χ4n) is 3.24. The van der Waals surface area contributed by atoms with Crippen LogP contribution in [-0.2, 0) is 11.3 Å². The Bertz CT molecular complexity index is 557. The minimum atomic E-state index is -0.895. The summed E-state index contributed by atoms with van der Waals surface area (Å²) in [5.41, 5.74) is 1.17. The van der Waals surface area contributed by atoms with Crippen LogP contribution in [0.15, 0.2) is 24.3 Å². The van der Waals surface area contributed by atoms with E-state index >= 15 is 0 Å². The summed E-state index contributed by atoms with van der Waals surface area (Å²) in [6, 6.07) is 7.24. The average Bonchev–Trinajstić information content (AvgIpc) is 2.81. The highest BCUT2D eigenvalue weighted by Gasteiger charge is 2.35. The number of likely N-dealkylation sites (tertiary alicyclic amines) is 1. The van der Waals surface area contributed by atoms with Gasteiger partial charge in [0.2, 0.25) is 5.91 Å². The zero-order valence-corrected chi connectivity index (χ0v) is 13.4. The third-order valence-electron chi connectivity index (χ3n) is 4.33. The Morgan fingerprint density at radius 1 is 1.32 bits per heavy atom. The molecule has 22 heavy (non-hydrogen) atoms. The number of benzene rings is 1. The maximum Gasteiger partial charge on any atom is 0.336 e. The van der Waals surface area contributed by atoms with Gasteiger partial charge in [-0.05, 0) is 23.5 Å². The summed E-state index contributed by atoms with van der Waals surface area (Å²) in [6.07, 6.45) is 0. The number of rotatable bonds is 5. The number of carbonyl (C=O) groups is 2. The van der Waals surface area contributed by atoms with Gasteiger partial charge in [0, 0.05) is 32.6 Å². The Hall–Kier alpha value is -1.88. The third kappa shape index (κ3) is 3.85. The zero-order valence-electron chi connectivity index (χ0n) is 13.4. The lowest BCUT2D eigenvalue weighted by atomic mass is 9.91. The molecule has 5 heteroatoms. The maximum atomic E-state index is 11.4. The Kier molecular flexibility index (Phi) is 5.19. The zero-order chi connectivity index (χ0) is 16.3. The summed E-state index contributed by atoms with van der Waals surface area (Å²) in [4.78, 5) is 24.9. The first kappa shape index (κ1) is 16.5. The van der Waals surface area contributed by atoms with Gasteiger partial charge in [0.1, 0.15) is 0 Å². The van der Waals surface area contributed by atoms with Crippen molar-refractivity contribution in [3.8, 4) is 0 Å². The van der Waals surface area contributed by atoms with Crippen LogP contribution in [0.5, 0.6) is 0 Å². The van der Waals surface area contributed by atoms with Crippen LogP contribution >= 0.6 is 0 Å². The number of carboxylic acid groups (broad SMARTS) is 1. The highest BCUT2D eigenvalue weighted by atomic mass is 16.4. The number of amides is 1. The van der Waals surface area contributed by atoms with Gasteiger partial charge in [-0.1, -0.05) is 32.0 Å². The van der Waals surface area contributed by atoms with E-state index in [1.54, 1.807) is 19.1 Å². The van der Waals surface area contributed by atoms with E-state index < -0.39 is 5.97 Å². The predicted molar refractivity (Wildman–Crippen MR) is 84.6 cm³/mol. The molecule has 0 aromatic heterocycles. The molecule has 2 N–H and O–H groups in total. The minimum Gasteiger partial charge on any atom is -0.478 e. The van der Waals surface area contributed by atoms with E-state index in [9.17, 15) is 14.7 Å². The van der Waals surface area contributed by atoms with E-state index in [-0.39, 0.29) is 11.9 Å². The molecule has 5 nitrogen and oxygen atoms in total. The van der Waals surface area contributed by atoms with Crippen molar-refractivity contribution in [2.24, 2.45) is 11.8 Å². The highest BCUT2D eigenvalue weighted by Crippen LogP contribution is 2.26. The normalized spacial score (nSPS) is 22.0. The number of hydrogen-bond acceptors (Lipinski definition) is 3. The van der Waals surface area contributed by atoms with Crippen molar-refractivity contribution in [1.82, 2.24) is 10.2 Å². The fourth-order valence-corrected chi connectivity index (χ4v) is 3.24. The lowest BCUT2D eigenvalue weighted by molar-refractivity contribution is -0.119. The second-order valence-electron chi connectivity index (χ2n) is 6.37. The Labute approximate surface area is 131 Å². The van der Waals surface area contributed by atoms with Gasteiger partial charge in [-0.2, -0.15) is 0 Å². The number of carboxylic acids is 1. The molecule has 1 heterocycles. The van der Waals surface area contributed by atoms with Gasteiger partial charge in [-0.3, -0.25) is 9.69 Å². The van der Waals surface area contributed by atoms with Crippen LogP contribution in [0, 0.1) is 11.8 Å². The molecule has 0 spiro atoms. The number of nitrogens with zero attached hydrogens (tertiary/aromatic N) is 1. The summed E-state index contributed by atoms with van der Waals surface area (Å²) in [7, 11) is 0. The van der Waals surface area contributed by atoms with Gasteiger partial charge in [0.15, 0.2) is 0 Å². The minimum absolute atomic E-state index is 0.0107. The Morgan fingerprint density at radius 3 is 2.59 bits per heavy atom. The van der Waals surface area contributed by atoms with E-state index in [4.69, 9.17) is 0 Å². The molecule has 1 aliphatic heterocycles. The van der Waals surface area contributed by atoms with Crippen LogP contribution in [0.2, 0.25) is 0 Å². The molecule has 0 saturated carbocycles. The van der Waals surface area contributed by atoms with Crippen molar-refractivity contribution >= 4 is 11.9 Å². The topological polar surface area (TPSA) is 69.6 Å². The van der Waals surface area contributed by atoms with E-state index in [1.165, 1.54) is 0 Å². The average molecular weight is 304 g/mol. The van der Waals surface area contributed by atoms with Gasteiger partial charge < -0.3 is 10.4 Å². The quantitative estimate of drug-likeness (QED) is 0.872. The number of carbonyl (C=O) groups excluding carboxylic acids is 1. The first-order valence-electron chi connectivity index (χ1n) is 7.69. The van der Waals surface area contributed by atoms with E-state index in [0.717, 1.165) is 18.7 Å². The molecule has 1 fully saturated rings. The van der Waals surface area contributed by atoms with Crippen molar-refractivity contribution in [1.29, 1.82) is 0 Å². The van der Waals surface area contributed by atoms with Crippen molar-refractivity contribution in [2.75, 3.05) is 13.1 Å². The molecule has 1 amide bonds. The first-order chi connectivity index (χ1) is 10.4. The van der Waals surface area contributed by atoms with Gasteiger partial charge in [-0.25, -0.2) is 4.79 Å². The maximum absolute atomic E-state index is 11.4. The molecule has 0 aliphatic carbocycles. The van der Waals surface area contributed by atoms with E-state index in [1.807, 2.05) is 12.1 Å². The Morgan fingerprint density at radius 2 is 2.00 bits per heavy atom. The molecule has 1 saturated heterocycles. The SMILES string of the molecule is CC(=O)N[C@@H]1CN(Cc2ccccc2C(=O)O)C[C@H]1C(C)C. The third-order valence-corrected chi connectivity index (χ3v) is 4.33. The molecule has 2 rings (SSSR count). The van der Waals surface area contributed by atoms with Crippen LogP contribution in [0.4, 0.5) is 0 Å². The molecule has 0 unspecified atom stereocenters. The van der Waals surface area contributed by atoms with Crippen molar-refractivity contribution in [3.63, 3.8) is 0 Å². The fraction of sp³-hybridized carbons (Fsp3) is 0.529. The molecule has 2 atom stereocenters. The van der Waals surface area contributed by atoms with Crippen molar-refractivity contribution in [3.05, 3.63) is 35.4 Å². The van der Waals surface area contributed by atoms with Crippen LogP contribution in [-0.4, -0.2) is 41.0 Å². The second-order valence-corrected chi connectivity index (χ2v) is 6.37. The van der Waals surface area contributed by atoms with Gasteiger partial charge in [0.05, 0.1) is 5.56 Å². The predicted octanol–water partition coefficient (Wildman–Crippen LogP) is 1.98. The largest absolute Gasteiger partial charge is 0.478 e. The standard InChI is InChI=1S/C17H24N2O3/c1-11(2)15-9-19(10-16(15)18-12(3)20)8-13-6-4-5-7-14(13)17(21)22/h4-7,11,15-16H,8-10H2,1-3H3,(H,18,20)(H,21,22)/t15-,16+/m0/s1. The number of aromatic carboxylic acids is 1. The van der Waals surface area contributed by atoms with Crippen LogP contribution in [0.25, 0.3) is 0 Å². The lowest BCUT2D eigenvalue weighted by Crippen LogP contribution is -2.40. The number of nitrogens with one attached hydrogen (secondary N) is 1. The number of hydrogen-bond donors (Lipinski definition) is 2. The lowest BCUT2D eigenvalue weighted by Gasteiger charge is -2.22. The van der Waals surface area contributed by atoms with Crippen molar-refractivity contribution in [2.45, 2.75) is 33.4 Å². The smallest absolute Gasteiger partial charge is 0.336 e. The van der Waals surface area contributed by atoms with Crippen molar-refractivity contribution < 1.29 is 14.7 Å². The summed E-state index contributed by atoms with van der Waals surface area (Å²) < 4.78 is 0. The molecule has 0 radical (unpaired) electrons. The van der Waals surface area contributed by atoms with E-state index in [2.05, 4.69) is 24.1 Å². The second kappa shape index (κ2) is 6.92. The summed E-state index contributed by atoms with van der Waals surface area (Å²) in [5.74, 6) is -0.0467. The summed E-state index contributed by atoms with van der Waals surface area (Å²) in [5, 5.41) is 12.3. The molecular weight excluding hydrogens is 280 g/mol. The van der Waals surface area contributed by atoms with Gasteiger partial charge in [0.25, 0.3) is 0 Å². The molecule has 120 valence electrons. The molecule has 1 aromatic rings. The van der Waals surface area contributed by atoms with E-state index in [0.29, 0.717) is 23.9 Å². The molecule has 1 aromatic carbocycles. The van der Waals surface area contributed by atoms with Gasteiger partial charge in [-0.15, -0.1) is 0 Å². The Balaban J connectivity index is 2.11. The first-order valence-corrected chi connectivity index (χ1v) is 7.69.